The van der Waals surface area contributed by atoms with Crippen molar-refractivity contribution in [1.29, 1.82) is 0 Å². The highest BCUT2D eigenvalue weighted by Crippen LogP contribution is 2.24. The van der Waals surface area contributed by atoms with E-state index in [0.717, 1.165) is 39.1 Å². The van der Waals surface area contributed by atoms with Gasteiger partial charge >= 0.3 is 6.03 Å². The van der Waals surface area contributed by atoms with Crippen LogP contribution in [0.2, 0.25) is 0 Å². The van der Waals surface area contributed by atoms with Crippen LogP contribution in [-0.4, -0.2) is 62.0 Å². The summed E-state index contributed by atoms with van der Waals surface area (Å²) in [4.78, 5) is 37.9. The Bertz CT molecular complexity index is 691. The van der Waals surface area contributed by atoms with E-state index in [1.165, 1.54) is 0 Å². The van der Waals surface area contributed by atoms with Crippen molar-refractivity contribution < 1.29 is 14.4 Å². The van der Waals surface area contributed by atoms with Crippen molar-refractivity contribution in [3.8, 4) is 0 Å². The van der Waals surface area contributed by atoms with Gasteiger partial charge in [-0.25, -0.2) is 4.79 Å². The van der Waals surface area contributed by atoms with Gasteiger partial charge in [0.15, 0.2) is 0 Å². The number of carbonyl (C=O) groups is 3. The molecule has 2 aliphatic heterocycles. The second-order valence-corrected chi connectivity index (χ2v) is 6.81. The number of rotatable bonds is 6. The first-order valence-electron chi connectivity index (χ1n) is 8.94. The fourth-order valence-corrected chi connectivity index (χ4v) is 3.24. The Balaban J connectivity index is 0.00000261. The normalized spacial score (nSPS) is 22.6. The summed E-state index contributed by atoms with van der Waals surface area (Å²) >= 11 is 0. The molecule has 4 amide bonds. The minimum absolute atomic E-state index is 0. The van der Waals surface area contributed by atoms with Crippen LogP contribution in [-0.2, 0) is 10.3 Å². The van der Waals surface area contributed by atoms with E-state index < -0.39 is 17.5 Å². The second-order valence-electron chi connectivity index (χ2n) is 6.81. The Morgan fingerprint density at radius 1 is 1.19 bits per heavy atom. The zero-order chi connectivity index (χ0) is 18.6. The maximum absolute atomic E-state index is 12.2. The molecule has 1 atom stereocenters. The van der Waals surface area contributed by atoms with Gasteiger partial charge < -0.3 is 20.9 Å². The topological polar surface area (TPSA) is 103 Å². The van der Waals surface area contributed by atoms with Crippen molar-refractivity contribution in [2.75, 3.05) is 39.3 Å². The van der Waals surface area contributed by atoms with Gasteiger partial charge in [-0.1, -0.05) is 12.1 Å². The maximum atomic E-state index is 12.2. The molecule has 0 bridgehead atoms. The van der Waals surface area contributed by atoms with Gasteiger partial charge in [-0.3, -0.25) is 14.9 Å². The maximum Gasteiger partial charge on any atom is 0.322 e. The van der Waals surface area contributed by atoms with Crippen LogP contribution in [0.3, 0.4) is 0 Å². The third kappa shape index (κ3) is 4.97. The molecule has 0 radical (unpaired) electrons. The van der Waals surface area contributed by atoms with Gasteiger partial charge in [-0.05, 0) is 37.6 Å². The molecule has 0 saturated carbocycles. The Hall–Kier alpha value is -2.16. The summed E-state index contributed by atoms with van der Waals surface area (Å²) in [5.74, 6) is -0.533. The summed E-state index contributed by atoms with van der Waals surface area (Å²) < 4.78 is 0. The van der Waals surface area contributed by atoms with Crippen molar-refractivity contribution in [2.45, 2.75) is 18.9 Å². The number of hydrogen-bond acceptors (Lipinski definition) is 5. The molecule has 3 rings (SSSR count). The fraction of sp³-hybridized carbons (Fsp3) is 0.500. The first-order valence-corrected chi connectivity index (χ1v) is 8.94. The van der Waals surface area contributed by atoms with Crippen molar-refractivity contribution in [3.05, 3.63) is 35.4 Å². The first-order chi connectivity index (χ1) is 12.5. The highest BCUT2D eigenvalue weighted by atomic mass is 35.5. The molecule has 2 fully saturated rings. The number of urea groups is 1. The molecule has 8 nitrogen and oxygen atoms in total. The fourth-order valence-electron chi connectivity index (χ4n) is 3.24. The van der Waals surface area contributed by atoms with Crippen LogP contribution >= 0.6 is 12.4 Å². The quantitative estimate of drug-likeness (QED) is 0.407. The number of piperazine rings is 1. The van der Waals surface area contributed by atoms with Gasteiger partial charge in [0, 0.05) is 38.3 Å². The standard InChI is InChI=1S/C18H25N5O3.ClH/c1-18(16(25)21-17(26)22-18)14-5-3-13(4-6-14)15(24)20-7-2-10-23-11-8-19-9-12-23;/h3-6,19H,2,7-12H2,1H3,(H,20,24)(H2,21,22,25,26);1H. The van der Waals surface area contributed by atoms with Crippen molar-refractivity contribution >= 4 is 30.3 Å². The number of benzene rings is 1. The predicted molar refractivity (Wildman–Crippen MR) is 104 cm³/mol. The molecule has 1 aromatic rings. The van der Waals surface area contributed by atoms with Crippen LogP contribution in [0.15, 0.2) is 24.3 Å². The summed E-state index contributed by atoms with van der Waals surface area (Å²) in [6, 6.07) is 6.22. The molecule has 148 valence electrons. The SMILES string of the molecule is CC1(c2ccc(C(=O)NCCCN3CCNCC3)cc2)NC(=O)NC1=O.Cl. The number of carbonyl (C=O) groups excluding carboxylic acids is 3. The molecular formula is C18H26ClN5O3. The molecule has 1 unspecified atom stereocenters. The first kappa shape index (κ1) is 21.1. The number of hydrogen-bond donors (Lipinski definition) is 4. The number of amides is 4. The minimum atomic E-state index is -1.10. The molecule has 0 aliphatic carbocycles. The van der Waals surface area contributed by atoms with Gasteiger partial charge in [0.2, 0.25) is 0 Å². The van der Waals surface area contributed by atoms with Crippen LogP contribution in [0.4, 0.5) is 4.79 Å². The van der Waals surface area contributed by atoms with Gasteiger partial charge in [0.25, 0.3) is 11.8 Å². The molecule has 2 saturated heterocycles. The highest BCUT2D eigenvalue weighted by molar-refractivity contribution is 6.07. The Labute approximate surface area is 164 Å². The molecule has 0 aromatic heterocycles. The third-order valence-corrected chi connectivity index (χ3v) is 4.92. The molecule has 27 heavy (non-hydrogen) atoms. The van der Waals surface area contributed by atoms with Gasteiger partial charge in [-0.2, -0.15) is 0 Å². The van der Waals surface area contributed by atoms with E-state index in [9.17, 15) is 14.4 Å². The van der Waals surface area contributed by atoms with Gasteiger partial charge in [0.1, 0.15) is 5.54 Å². The minimum Gasteiger partial charge on any atom is -0.352 e. The zero-order valence-electron chi connectivity index (χ0n) is 15.3. The van der Waals surface area contributed by atoms with E-state index >= 15 is 0 Å². The number of nitrogens with zero attached hydrogens (tertiary/aromatic N) is 1. The van der Waals surface area contributed by atoms with Gasteiger partial charge in [0.05, 0.1) is 0 Å². The summed E-state index contributed by atoms with van der Waals surface area (Å²) in [6.07, 6.45) is 0.911. The summed E-state index contributed by atoms with van der Waals surface area (Å²) in [5.41, 5.74) is 0.0652. The smallest absolute Gasteiger partial charge is 0.322 e. The monoisotopic (exact) mass is 395 g/mol. The Morgan fingerprint density at radius 2 is 1.85 bits per heavy atom. The number of imide groups is 1. The molecule has 1 aromatic carbocycles. The van der Waals surface area contributed by atoms with Crippen molar-refractivity contribution in [1.82, 2.24) is 26.2 Å². The zero-order valence-corrected chi connectivity index (χ0v) is 16.2. The Morgan fingerprint density at radius 3 is 2.44 bits per heavy atom. The highest BCUT2D eigenvalue weighted by Gasteiger charge is 2.43. The van der Waals surface area contributed by atoms with Crippen molar-refractivity contribution in [3.63, 3.8) is 0 Å². The van der Waals surface area contributed by atoms with E-state index in [-0.39, 0.29) is 18.3 Å². The van der Waals surface area contributed by atoms with Crippen LogP contribution in [0, 0.1) is 0 Å². The lowest BCUT2D eigenvalue weighted by Gasteiger charge is -2.27. The van der Waals surface area contributed by atoms with E-state index in [1.807, 2.05) is 0 Å². The van der Waals surface area contributed by atoms with Crippen LogP contribution in [0.5, 0.6) is 0 Å². The lowest BCUT2D eigenvalue weighted by atomic mass is 9.91. The summed E-state index contributed by atoms with van der Waals surface area (Å²) in [7, 11) is 0. The molecule has 9 heteroatoms. The lowest BCUT2D eigenvalue weighted by molar-refractivity contribution is -0.123. The lowest BCUT2D eigenvalue weighted by Crippen LogP contribution is -2.44. The predicted octanol–water partition coefficient (Wildman–Crippen LogP) is 0.188. The van der Waals surface area contributed by atoms with Gasteiger partial charge in [-0.15, -0.1) is 12.4 Å². The number of halogens is 1. The number of nitrogens with one attached hydrogen (secondary N) is 4. The molecular weight excluding hydrogens is 370 g/mol. The van der Waals surface area contributed by atoms with E-state index in [4.69, 9.17) is 0 Å². The molecule has 4 N–H and O–H groups in total. The Kier molecular flexibility index (Phi) is 7.18. The van der Waals surface area contributed by atoms with E-state index in [2.05, 4.69) is 26.2 Å². The van der Waals surface area contributed by atoms with E-state index in [0.29, 0.717) is 17.7 Å². The van der Waals surface area contributed by atoms with Crippen molar-refractivity contribution in [2.24, 2.45) is 0 Å². The van der Waals surface area contributed by atoms with Crippen LogP contribution < -0.4 is 21.3 Å². The third-order valence-electron chi connectivity index (χ3n) is 4.92. The molecule has 2 heterocycles. The second kappa shape index (κ2) is 9.16. The molecule has 2 aliphatic rings. The summed E-state index contributed by atoms with van der Waals surface area (Å²) in [5, 5.41) is 11.1. The largest absolute Gasteiger partial charge is 0.352 e. The average molecular weight is 396 g/mol. The summed E-state index contributed by atoms with van der Waals surface area (Å²) in [6.45, 7) is 7.40. The van der Waals surface area contributed by atoms with E-state index in [1.54, 1.807) is 31.2 Å². The van der Waals surface area contributed by atoms with Crippen LogP contribution in [0.1, 0.15) is 29.3 Å². The average Bonchev–Trinajstić information content (AvgIpc) is 2.92. The molecule has 0 spiro atoms. The van der Waals surface area contributed by atoms with Crippen LogP contribution in [0.25, 0.3) is 0 Å².